The lowest BCUT2D eigenvalue weighted by atomic mass is 9.92. The topological polar surface area (TPSA) is 43.1 Å². The predicted molar refractivity (Wildman–Crippen MR) is 67.5 cm³/mol. The second-order valence-corrected chi connectivity index (χ2v) is 4.66. The Morgan fingerprint density at radius 2 is 1.75 bits per heavy atom. The average molecular weight is 219 g/mol. The molecular formula is C14H21NO. The summed E-state index contributed by atoms with van der Waals surface area (Å²) in [4.78, 5) is 10.9. The van der Waals surface area contributed by atoms with Crippen molar-refractivity contribution in [1.29, 1.82) is 0 Å². The first-order valence-corrected chi connectivity index (χ1v) is 5.74. The van der Waals surface area contributed by atoms with E-state index in [0.717, 1.165) is 6.42 Å². The molecule has 0 fully saturated rings. The number of ketones is 1. The highest BCUT2D eigenvalue weighted by molar-refractivity contribution is 5.75. The monoisotopic (exact) mass is 219 g/mol. The van der Waals surface area contributed by atoms with E-state index in [1.165, 1.54) is 22.3 Å². The highest BCUT2D eigenvalue weighted by Gasteiger charge is 2.12. The minimum absolute atomic E-state index is 0.0236. The van der Waals surface area contributed by atoms with Gasteiger partial charge in [0.1, 0.15) is 5.78 Å². The summed E-state index contributed by atoms with van der Waals surface area (Å²) in [6.45, 7) is 7.87. The molecule has 2 heteroatoms. The zero-order chi connectivity index (χ0) is 12.3. The zero-order valence-corrected chi connectivity index (χ0v) is 10.6. The molecule has 0 spiro atoms. The molecule has 1 aromatic rings. The van der Waals surface area contributed by atoms with E-state index in [-0.39, 0.29) is 11.8 Å². The van der Waals surface area contributed by atoms with Crippen molar-refractivity contribution in [1.82, 2.24) is 0 Å². The first-order valence-electron chi connectivity index (χ1n) is 5.74. The summed E-state index contributed by atoms with van der Waals surface area (Å²) < 4.78 is 0. The van der Waals surface area contributed by atoms with Crippen LogP contribution in [0.5, 0.6) is 0 Å². The summed E-state index contributed by atoms with van der Waals surface area (Å²) in [5.41, 5.74) is 11.1. The summed E-state index contributed by atoms with van der Waals surface area (Å²) in [7, 11) is 0. The van der Waals surface area contributed by atoms with Crippen molar-refractivity contribution in [3.63, 3.8) is 0 Å². The van der Waals surface area contributed by atoms with Crippen molar-refractivity contribution in [3.8, 4) is 0 Å². The standard InChI is InChI=1S/C14H21NO/c1-9-7-10(2)14(11(3)8-9)13(15)6-5-12(4)16/h7-8,13H,5-6,15H2,1-4H3. The molecule has 0 amide bonds. The lowest BCUT2D eigenvalue weighted by Gasteiger charge is -2.17. The highest BCUT2D eigenvalue weighted by atomic mass is 16.1. The molecular weight excluding hydrogens is 198 g/mol. The second kappa shape index (κ2) is 5.26. The van der Waals surface area contributed by atoms with Crippen LogP contribution in [0.3, 0.4) is 0 Å². The normalized spacial score (nSPS) is 12.6. The van der Waals surface area contributed by atoms with Gasteiger partial charge in [0.05, 0.1) is 0 Å². The molecule has 88 valence electrons. The van der Waals surface area contributed by atoms with Crippen LogP contribution in [0.4, 0.5) is 0 Å². The van der Waals surface area contributed by atoms with E-state index in [9.17, 15) is 4.79 Å². The third-order valence-corrected chi connectivity index (χ3v) is 2.92. The molecule has 1 rings (SSSR count). The molecule has 0 heterocycles. The van der Waals surface area contributed by atoms with E-state index in [2.05, 4.69) is 32.9 Å². The maximum atomic E-state index is 10.9. The smallest absolute Gasteiger partial charge is 0.129 e. The molecule has 0 aliphatic heterocycles. The molecule has 16 heavy (non-hydrogen) atoms. The fourth-order valence-corrected chi connectivity index (χ4v) is 2.28. The van der Waals surface area contributed by atoms with E-state index < -0.39 is 0 Å². The third kappa shape index (κ3) is 3.17. The molecule has 0 aliphatic rings. The van der Waals surface area contributed by atoms with Gasteiger partial charge in [-0.2, -0.15) is 0 Å². The Morgan fingerprint density at radius 1 is 1.25 bits per heavy atom. The van der Waals surface area contributed by atoms with E-state index in [0.29, 0.717) is 6.42 Å². The summed E-state index contributed by atoms with van der Waals surface area (Å²) >= 11 is 0. The molecule has 1 atom stereocenters. The van der Waals surface area contributed by atoms with Crippen LogP contribution >= 0.6 is 0 Å². The number of hydrogen-bond acceptors (Lipinski definition) is 2. The first-order chi connectivity index (χ1) is 7.41. The number of nitrogens with two attached hydrogens (primary N) is 1. The molecule has 0 aromatic heterocycles. The number of benzene rings is 1. The molecule has 1 unspecified atom stereocenters. The molecule has 0 bridgehead atoms. The Hall–Kier alpha value is -1.15. The Bertz CT molecular complexity index is 373. The van der Waals surface area contributed by atoms with Gasteiger partial charge < -0.3 is 10.5 Å². The Balaban J connectivity index is 2.90. The van der Waals surface area contributed by atoms with Gasteiger partial charge in [-0.25, -0.2) is 0 Å². The van der Waals surface area contributed by atoms with Crippen LogP contribution in [0, 0.1) is 20.8 Å². The van der Waals surface area contributed by atoms with Gasteiger partial charge in [0.2, 0.25) is 0 Å². The van der Waals surface area contributed by atoms with Gasteiger partial charge in [0.25, 0.3) is 0 Å². The van der Waals surface area contributed by atoms with Gasteiger partial charge in [-0.05, 0) is 50.8 Å². The Kier molecular flexibility index (Phi) is 4.25. The van der Waals surface area contributed by atoms with Crippen molar-refractivity contribution in [2.24, 2.45) is 5.73 Å². The van der Waals surface area contributed by atoms with Gasteiger partial charge >= 0.3 is 0 Å². The van der Waals surface area contributed by atoms with Crippen LogP contribution in [0.2, 0.25) is 0 Å². The fourth-order valence-electron chi connectivity index (χ4n) is 2.28. The fraction of sp³-hybridized carbons (Fsp3) is 0.500. The maximum absolute atomic E-state index is 10.9. The van der Waals surface area contributed by atoms with Gasteiger partial charge in [0.15, 0.2) is 0 Å². The maximum Gasteiger partial charge on any atom is 0.129 e. The summed E-state index contributed by atoms with van der Waals surface area (Å²) in [5, 5.41) is 0. The first kappa shape index (κ1) is 12.9. The highest BCUT2D eigenvalue weighted by Crippen LogP contribution is 2.24. The largest absolute Gasteiger partial charge is 0.324 e. The third-order valence-electron chi connectivity index (χ3n) is 2.92. The second-order valence-electron chi connectivity index (χ2n) is 4.66. The molecule has 2 nitrogen and oxygen atoms in total. The van der Waals surface area contributed by atoms with Gasteiger partial charge in [0, 0.05) is 12.5 Å². The number of carbonyl (C=O) groups is 1. The van der Waals surface area contributed by atoms with Crippen LogP contribution < -0.4 is 5.73 Å². The number of Topliss-reactive ketones (excluding diaryl/α,β-unsaturated/α-hetero) is 1. The van der Waals surface area contributed by atoms with Crippen molar-refractivity contribution in [2.45, 2.75) is 46.6 Å². The quantitative estimate of drug-likeness (QED) is 0.846. The van der Waals surface area contributed by atoms with Crippen LogP contribution in [-0.4, -0.2) is 5.78 Å². The molecule has 0 radical (unpaired) electrons. The van der Waals surface area contributed by atoms with Crippen LogP contribution in [-0.2, 0) is 4.79 Å². The number of rotatable bonds is 4. The summed E-state index contributed by atoms with van der Waals surface area (Å²) in [6.07, 6.45) is 1.30. The minimum atomic E-state index is -0.0236. The van der Waals surface area contributed by atoms with E-state index in [1.807, 2.05) is 0 Å². The van der Waals surface area contributed by atoms with Gasteiger partial charge in [-0.15, -0.1) is 0 Å². The molecule has 2 N–H and O–H groups in total. The molecule has 0 saturated heterocycles. The average Bonchev–Trinajstić information content (AvgIpc) is 2.12. The zero-order valence-electron chi connectivity index (χ0n) is 10.6. The number of aryl methyl sites for hydroxylation is 3. The number of hydrogen-bond donors (Lipinski definition) is 1. The molecule has 0 saturated carbocycles. The van der Waals surface area contributed by atoms with Crippen molar-refractivity contribution >= 4 is 5.78 Å². The number of carbonyl (C=O) groups excluding carboxylic acids is 1. The summed E-state index contributed by atoms with van der Waals surface area (Å²) in [6, 6.07) is 4.27. The minimum Gasteiger partial charge on any atom is -0.324 e. The van der Waals surface area contributed by atoms with E-state index >= 15 is 0 Å². The summed E-state index contributed by atoms with van der Waals surface area (Å²) in [5.74, 6) is 0.206. The van der Waals surface area contributed by atoms with E-state index in [4.69, 9.17) is 5.73 Å². The van der Waals surface area contributed by atoms with Crippen molar-refractivity contribution in [3.05, 3.63) is 34.4 Å². The van der Waals surface area contributed by atoms with Crippen LogP contribution in [0.1, 0.15) is 48.1 Å². The molecule has 0 aliphatic carbocycles. The van der Waals surface area contributed by atoms with Crippen LogP contribution in [0.15, 0.2) is 12.1 Å². The molecule has 1 aromatic carbocycles. The Labute approximate surface area is 97.9 Å². The predicted octanol–water partition coefficient (Wildman–Crippen LogP) is 2.98. The van der Waals surface area contributed by atoms with Gasteiger partial charge in [-0.3, -0.25) is 0 Å². The van der Waals surface area contributed by atoms with Gasteiger partial charge in [-0.1, -0.05) is 17.7 Å². The lowest BCUT2D eigenvalue weighted by molar-refractivity contribution is -0.117. The Morgan fingerprint density at radius 3 is 2.19 bits per heavy atom. The SMILES string of the molecule is CC(=O)CCC(N)c1c(C)cc(C)cc1C. The van der Waals surface area contributed by atoms with Crippen molar-refractivity contribution in [2.75, 3.05) is 0 Å². The lowest BCUT2D eigenvalue weighted by Crippen LogP contribution is -2.14. The van der Waals surface area contributed by atoms with Crippen LogP contribution in [0.25, 0.3) is 0 Å². The van der Waals surface area contributed by atoms with Crippen molar-refractivity contribution < 1.29 is 4.79 Å². The van der Waals surface area contributed by atoms with E-state index in [1.54, 1.807) is 6.92 Å².